The molecule has 0 unspecified atom stereocenters. The quantitative estimate of drug-likeness (QED) is 0.905. The molecule has 0 saturated carbocycles. The number of benzene rings is 2. The number of hydrogen-bond donors (Lipinski definition) is 1. The van der Waals surface area contributed by atoms with E-state index in [9.17, 15) is 9.18 Å². The van der Waals surface area contributed by atoms with E-state index < -0.39 is 11.7 Å². The van der Waals surface area contributed by atoms with Crippen LogP contribution in [0.1, 0.15) is 27.0 Å². The Bertz CT molecular complexity index is 697. The zero-order chi connectivity index (χ0) is 14.7. The summed E-state index contributed by atoms with van der Waals surface area (Å²) >= 11 is 0. The number of nitrogens with zero attached hydrogens (tertiary/aromatic N) is 1. The summed E-state index contributed by atoms with van der Waals surface area (Å²) in [4.78, 5) is 12.0. The van der Waals surface area contributed by atoms with E-state index in [1.807, 2.05) is 38.1 Å². The molecule has 0 saturated heterocycles. The van der Waals surface area contributed by atoms with Crippen LogP contribution in [0.5, 0.6) is 0 Å². The van der Waals surface area contributed by atoms with E-state index in [1.165, 1.54) is 12.1 Å². The Morgan fingerprint density at radius 2 is 1.80 bits per heavy atom. The van der Waals surface area contributed by atoms with Crippen molar-refractivity contribution in [3.63, 3.8) is 0 Å². The summed E-state index contributed by atoms with van der Waals surface area (Å²) < 4.78 is 13.7. The van der Waals surface area contributed by atoms with Crippen LogP contribution < -0.4 is 5.32 Å². The van der Waals surface area contributed by atoms with Crippen molar-refractivity contribution in [3.05, 3.63) is 64.5 Å². The molecule has 4 heteroatoms. The van der Waals surface area contributed by atoms with Crippen LogP contribution in [-0.4, -0.2) is 5.91 Å². The van der Waals surface area contributed by atoms with Gasteiger partial charge in [-0.25, -0.2) is 4.39 Å². The van der Waals surface area contributed by atoms with Gasteiger partial charge in [0.05, 0.1) is 17.2 Å². The van der Waals surface area contributed by atoms with Crippen molar-refractivity contribution in [2.24, 2.45) is 0 Å². The molecule has 3 nitrogen and oxygen atoms in total. The summed E-state index contributed by atoms with van der Waals surface area (Å²) in [5.41, 5.74) is 2.76. The topological polar surface area (TPSA) is 52.9 Å². The maximum atomic E-state index is 13.7. The lowest BCUT2D eigenvalue weighted by Crippen LogP contribution is -2.14. The van der Waals surface area contributed by atoms with Crippen molar-refractivity contribution in [2.75, 3.05) is 5.32 Å². The third-order valence-electron chi connectivity index (χ3n) is 2.82. The Morgan fingerprint density at radius 3 is 2.35 bits per heavy atom. The zero-order valence-electron chi connectivity index (χ0n) is 11.2. The number of amides is 1. The van der Waals surface area contributed by atoms with Crippen molar-refractivity contribution in [3.8, 4) is 6.07 Å². The van der Waals surface area contributed by atoms with E-state index in [0.717, 1.165) is 17.2 Å². The number of carbonyl (C=O) groups excluding carboxylic acids is 1. The number of halogens is 1. The van der Waals surface area contributed by atoms with E-state index in [4.69, 9.17) is 5.26 Å². The second-order valence-electron chi connectivity index (χ2n) is 4.64. The number of nitrogens with one attached hydrogen (secondary N) is 1. The van der Waals surface area contributed by atoms with E-state index in [2.05, 4.69) is 5.32 Å². The lowest BCUT2D eigenvalue weighted by atomic mass is 10.1. The summed E-state index contributed by atoms with van der Waals surface area (Å²) in [5.74, 6) is -1.23. The number of carbonyl (C=O) groups is 1. The van der Waals surface area contributed by atoms with Crippen LogP contribution in [-0.2, 0) is 0 Å². The van der Waals surface area contributed by atoms with E-state index in [0.29, 0.717) is 5.69 Å². The molecule has 0 bridgehead atoms. The maximum Gasteiger partial charge on any atom is 0.258 e. The minimum absolute atomic E-state index is 0.0804. The molecule has 0 aliphatic rings. The number of rotatable bonds is 2. The standard InChI is InChI=1S/C16H13FN2O/c1-10-5-11(2)7-13(6-10)19-16(20)14-4-3-12(9-18)8-15(14)17/h3-8H,1-2H3,(H,19,20). The largest absolute Gasteiger partial charge is 0.322 e. The van der Waals surface area contributed by atoms with Gasteiger partial charge >= 0.3 is 0 Å². The third kappa shape index (κ3) is 3.01. The first-order valence-electron chi connectivity index (χ1n) is 6.09. The summed E-state index contributed by atoms with van der Waals surface area (Å²) in [6, 6.07) is 11.2. The summed E-state index contributed by atoms with van der Waals surface area (Å²) in [7, 11) is 0. The molecule has 0 aromatic heterocycles. The van der Waals surface area contributed by atoms with Gasteiger partial charge < -0.3 is 5.32 Å². The smallest absolute Gasteiger partial charge is 0.258 e. The summed E-state index contributed by atoms with van der Waals surface area (Å²) in [6.07, 6.45) is 0. The molecule has 2 aromatic carbocycles. The van der Waals surface area contributed by atoms with Crippen LogP contribution >= 0.6 is 0 Å². The van der Waals surface area contributed by atoms with Crippen LogP contribution in [0.25, 0.3) is 0 Å². The van der Waals surface area contributed by atoms with E-state index in [-0.39, 0.29) is 11.1 Å². The predicted octanol–water partition coefficient (Wildman–Crippen LogP) is 3.57. The van der Waals surface area contributed by atoms with Gasteiger partial charge in [0.1, 0.15) is 5.82 Å². The molecule has 0 aliphatic heterocycles. The second-order valence-corrected chi connectivity index (χ2v) is 4.64. The highest BCUT2D eigenvalue weighted by Gasteiger charge is 2.12. The molecular weight excluding hydrogens is 255 g/mol. The van der Waals surface area contributed by atoms with Crippen molar-refractivity contribution < 1.29 is 9.18 Å². The fourth-order valence-electron chi connectivity index (χ4n) is 2.01. The zero-order valence-corrected chi connectivity index (χ0v) is 11.2. The molecule has 0 radical (unpaired) electrons. The SMILES string of the molecule is Cc1cc(C)cc(NC(=O)c2ccc(C#N)cc2F)c1. The fraction of sp³-hybridized carbons (Fsp3) is 0.125. The molecule has 2 rings (SSSR count). The highest BCUT2D eigenvalue weighted by molar-refractivity contribution is 6.04. The molecule has 2 aromatic rings. The first-order valence-corrected chi connectivity index (χ1v) is 6.09. The molecule has 20 heavy (non-hydrogen) atoms. The van der Waals surface area contributed by atoms with Crippen molar-refractivity contribution in [2.45, 2.75) is 13.8 Å². The highest BCUT2D eigenvalue weighted by atomic mass is 19.1. The van der Waals surface area contributed by atoms with Crippen molar-refractivity contribution in [1.82, 2.24) is 0 Å². The van der Waals surface area contributed by atoms with Gasteiger partial charge in [0.25, 0.3) is 5.91 Å². The van der Waals surface area contributed by atoms with Gasteiger partial charge in [-0.15, -0.1) is 0 Å². The average Bonchev–Trinajstić information content (AvgIpc) is 2.36. The molecule has 0 heterocycles. The second kappa shape index (κ2) is 5.54. The molecule has 100 valence electrons. The molecule has 0 atom stereocenters. The molecular formula is C16H13FN2O. The van der Waals surface area contributed by atoms with Gasteiger partial charge in [-0.3, -0.25) is 4.79 Å². The Hall–Kier alpha value is -2.67. The Balaban J connectivity index is 2.26. The minimum atomic E-state index is -0.703. The minimum Gasteiger partial charge on any atom is -0.322 e. The van der Waals surface area contributed by atoms with Crippen LogP contribution in [0.2, 0.25) is 0 Å². The Labute approximate surface area is 116 Å². The normalized spacial score (nSPS) is 9.90. The molecule has 1 N–H and O–H groups in total. The van der Waals surface area contributed by atoms with Gasteiger partial charge in [-0.2, -0.15) is 5.26 Å². The van der Waals surface area contributed by atoms with Crippen LogP contribution in [0.3, 0.4) is 0 Å². The van der Waals surface area contributed by atoms with Crippen LogP contribution in [0.15, 0.2) is 36.4 Å². The van der Waals surface area contributed by atoms with Crippen molar-refractivity contribution >= 4 is 11.6 Å². The third-order valence-corrected chi connectivity index (χ3v) is 2.82. The highest BCUT2D eigenvalue weighted by Crippen LogP contribution is 2.16. The van der Waals surface area contributed by atoms with Crippen LogP contribution in [0.4, 0.5) is 10.1 Å². The van der Waals surface area contributed by atoms with Gasteiger partial charge in [0.2, 0.25) is 0 Å². The molecule has 0 fully saturated rings. The first kappa shape index (κ1) is 13.8. The lowest BCUT2D eigenvalue weighted by Gasteiger charge is -2.08. The van der Waals surface area contributed by atoms with Gasteiger partial charge in [-0.05, 0) is 55.3 Å². The molecule has 1 amide bonds. The predicted molar refractivity (Wildman–Crippen MR) is 75.0 cm³/mol. The molecule has 0 spiro atoms. The Kier molecular flexibility index (Phi) is 3.81. The summed E-state index contributed by atoms with van der Waals surface area (Å²) in [5, 5.41) is 11.3. The number of aryl methyl sites for hydroxylation is 2. The van der Waals surface area contributed by atoms with E-state index >= 15 is 0 Å². The number of hydrogen-bond acceptors (Lipinski definition) is 2. The summed E-state index contributed by atoms with van der Waals surface area (Å²) in [6.45, 7) is 3.84. The monoisotopic (exact) mass is 268 g/mol. The maximum absolute atomic E-state index is 13.7. The molecule has 0 aliphatic carbocycles. The van der Waals surface area contributed by atoms with Crippen molar-refractivity contribution in [1.29, 1.82) is 5.26 Å². The van der Waals surface area contributed by atoms with Gasteiger partial charge in [0, 0.05) is 5.69 Å². The van der Waals surface area contributed by atoms with Gasteiger partial charge in [-0.1, -0.05) is 6.07 Å². The Morgan fingerprint density at radius 1 is 1.15 bits per heavy atom. The van der Waals surface area contributed by atoms with Gasteiger partial charge in [0.15, 0.2) is 0 Å². The lowest BCUT2D eigenvalue weighted by molar-refractivity contribution is 0.102. The number of nitriles is 1. The number of anilines is 1. The van der Waals surface area contributed by atoms with Crippen LogP contribution in [0, 0.1) is 31.0 Å². The first-order chi connectivity index (χ1) is 9.49. The fourth-order valence-corrected chi connectivity index (χ4v) is 2.01. The van der Waals surface area contributed by atoms with E-state index in [1.54, 1.807) is 0 Å². The average molecular weight is 268 g/mol.